The first-order valence-electron chi connectivity index (χ1n) is 8.55. The summed E-state index contributed by atoms with van der Waals surface area (Å²) in [5, 5.41) is 11.6. The summed E-state index contributed by atoms with van der Waals surface area (Å²) in [7, 11) is 0. The van der Waals surface area contributed by atoms with Crippen molar-refractivity contribution in [1.29, 1.82) is 0 Å². The smallest absolute Gasteiger partial charge is 0.347 e. The number of hydrogen-bond acceptors (Lipinski definition) is 7. The van der Waals surface area contributed by atoms with Crippen molar-refractivity contribution in [2.45, 2.75) is 20.0 Å². The lowest BCUT2D eigenvalue weighted by molar-refractivity contribution is -0.384. The fraction of sp³-hybridized carbons (Fsp3) is 0.200. The average Bonchev–Trinajstić information content (AvgIpc) is 2.67. The molecular formula is C20H17NO7. The predicted octanol–water partition coefficient (Wildman–Crippen LogP) is 3.70. The highest BCUT2D eigenvalue weighted by Gasteiger charge is 2.17. The zero-order valence-corrected chi connectivity index (χ0v) is 15.2. The topological polar surface area (TPSA) is 109 Å². The number of carbonyl (C=O) groups is 1. The van der Waals surface area contributed by atoms with Gasteiger partial charge in [0.25, 0.3) is 5.69 Å². The van der Waals surface area contributed by atoms with Crippen LogP contribution < -0.4 is 10.4 Å². The zero-order valence-electron chi connectivity index (χ0n) is 15.2. The highest BCUT2D eigenvalue weighted by molar-refractivity contribution is 5.94. The first-order valence-corrected chi connectivity index (χ1v) is 8.55. The number of ether oxygens (including phenoxy) is 2. The maximum atomic E-state index is 12.0. The van der Waals surface area contributed by atoms with Gasteiger partial charge in [-0.3, -0.25) is 10.1 Å². The lowest BCUT2D eigenvalue weighted by Crippen LogP contribution is -2.26. The van der Waals surface area contributed by atoms with E-state index in [1.54, 1.807) is 38.1 Å². The SMILES string of the molecule is CCOC(=O)[C@@H](C)Oc1ccc2c(-c3cccc([N+](=O)[O-])c3)cc(=O)oc2c1. The third-order valence-corrected chi connectivity index (χ3v) is 4.02. The molecule has 0 fully saturated rings. The van der Waals surface area contributed by atoms with Gasteiger partial charge in [-0.2, -0.15) is 0 Å². The van der Waals surface area contributed by atoms with Gasteiger partial charge in [0.2, 0.25) is 0 Å². The van der Waals surface area contributed by atoms with Crippen molar-refractivity contribution in [3.63, 3.8) is 0 Å². The van der Waals surface area contributed by atoms with Crippen LogP contribution in [0, 0.1) is 10.1 Å². The molecule has 144 valence electrons. The van der Waals surface area contributed by atoms with Gasteiger partial charge in [-0.05, 0) is 31.5 Å². The van der Waals surface area contributed by atoms with Gasteiger partial charge in [-0.1, -0.05) is 12.1 Å². The Bertz CT molecular complexity index is 1100. The number of nitro groups is 1. The quantitative estimate of drug-likeness (QED) is 0.276. The Morgan fingerprint density at radius 2 is 2.00 bits per heavy atom. The molecule has 1 aromatic heterocycles. The Morgan fingerprint density at radius 1 is 1.21 bits per heavy atom. The van der Waals surface area contributed by atoms with Crippen molar-refractivity contribution in [3.8, 4) is 16.9 Å². The molecular weight excluding hydrogens is 366 g/mol. The molecule has 0 bridgehead atoms. The number of nitrogens with zero attached hydrogens (tertiary/aromatic N) is 1. The molecule has 0 aliphatic rings. The number of non-ortho nitro benzene ring substituents is 1. The Morgan fingerprint density at radius 3 is 2.71 bits per heavy atom. The van der Waals surface area contributed by atoms with E-state index in [2.05, 4.69) is 0 Å². The largest absolute Gasteiger partial charge is 0.479 e. The third kappa shape index (κ3) is 4.01. The normalized spacial score (nSPS) is 11.8. The number of fused-ring (bicyclic) bond motifs is 1. The van der Waals surface area contributed by atoms with Crippen LogP contribution in [0.25, 0.3) is 22.1 Å². The molecule has 1 atom stereocenters. The molecule has 0 saturated carbocycles. The van der Waals surface area contributed by atoms with Crippen LogP contribution in [0.15, 0.2) is 57.7 Å². The molecule has 8 heteroatoms. The minimum absolute atomic E-state index is 0.0814. The number of rotatable bonds is 6. The average molecular weight is 383 g/mol. The third-order valence-electron chi connectivity index (χ3n) is 4.02. The monoisotopic (exact) mass is 383 g/mol. The molecule has 28 heavy (non-hydrogen) atoms. The van der Waals surface area contributed by atoms with Gasteiger partial charge in [-0.15, -0.1) is 0 Å². The summed E-state index contributed by atoms with van der Waals surface area (Å²) >= 11 is 0. The standard InChI is InChI=1S/C20H17NO7/c1-3-26-20(23)12(2)27-15-7-8-16-17(11-19(22)28-18(16)10-15)13-5-4-6-14(9-13)21(24)25/h4-12H,3H2,1-2H3/t12-/m1/s1. The van der Waals surface area contributed by atoms with Crippen LogP contribution in [0.5, 0.6) is 5.75 Å². The van der Waals surface area contributed by atoms with E-state index >= 15 is 0 Å². The number of esters is 1. The molecule has 0 saturated heterocycles. The Hall–Kier alpha value is -3.68. The van der Waals surface area contributed by atoms with Crippen molar-refractivity contribution in [1.82, 2.24) is 0 Å². The molecule has 1 heterocycles. The number of benzene rings is 2. The second-order valence-electron chi connectivity index (χ2n) is 5.96. The van der Waals surface area contributed by atoms with E-state index < -0.39 is 22.6 Å². The molecule has 0 radical (unpaired) electrons. The molecule has 0 N–H and O–H groups in total. The van der Waals surface area contributed by atoms with Crippen LogP contribution >= 0.6 is 0 Å². The van der Waals surface area contributed by atoms with Gasteiger partial charge < -0.3 is 13.9 Å². The zero-order chi connectivity index (χ0) is 20.3. The van der Waals surface area contributed by atoms with E-state index in [9.17, 15) is 19.7 Å². The molecule has 2 aromatic carbocycles. The molecule has 0 aliphatic heterocycles. The van der Waals surface area contributed by atoms with Crippen molar-refractivity contribution in [2.75, 3.05) is 6.61 Å². The molecule has 8 nitrogen and oxygen atoms in total. The van der Waals surface area contributed by atoms with E-state index in [1.165, 1.54) is 24.3 Å². The fourth-order valence-corrected chi connectivity index (χ4v) is 2.75. The highest BCUT2D eigenvalue weighted by atomic mass is 16.6. The number of nitro benzene ring substituents is 1. The lowest BCUT2D eigenvalue weighted by atomic mass is 10.0. The molecule has 3 aromatic rings. The second kappa shape index (κ2) is 7.91. The summed E-state index contributed by atoms with van der Waals surface area (Å²) in [5.41, 5.74) is 0.565. The summed E-state index contributed by atoms with van der Waals surface area (Å²) < 4.78 is 15.7. The van der Waals surface area contributed by atoms with Crippen molar-refractivity contribution >= 4 is 22.6 Å². The molecule has 0 aliphatic carbocycles. The summed E-state index contributed by atoms with van der Waals surface area (Å²) in [4.78, 5) is 34.3. The van der Waals surface area contributed by atoms with Crippen LogP contribution in [0.3, 0.4) is 0 Å². The summed E-state index contributed by atoms with van der Waals surface area (Å²) in [6.45, 7) is 3.49. The van der Waals surface area contributed by atoms with Crippen molar-refractivity contribution in [3.05, 3.63) is 69.1 Å². The van der Waals surface area contributed by atoms with Gasteiger partial charge in [0, 0.05) is 35.2 Å². The summed E-state index contributed by atoms with van der Waals surface area (Å²) in [6, 6.07) is 12.1. The maximum absolute atomic E-state index is 12.0. The van der Waals surface area contributed by atoms with Crippen LogP contribution in [0.4, 0.5) is 5.69 Å². The molecule has 0 spiro atoms. The first-order chi connectivity index (χ1) is 13.4. The molecule has 0 amide bonds. The number of carbonyl (C=O) groups excluding carboxylic acids is 1. The highest BCUT2D eigenvalue weighted by Crippen LogP contribution is 2.31. The van der Waals surface area contributed by atoms with Crippen molar-refractivity contribution in [2.24, 2.45) is 0 Å². The van der Waals surface area contributed by atoms with Crippen LogP contribution in [0.1, 0.15) is 13.8 Å². The Balaban J connectivity index is 2.03. The summed E-state index contributed by atoms with van der Waals surface area (Å²) in [5.74, 6) is -0.179. The molecule has 3 rings (SSSR count). The van der Waals surface area contributed by atoms with Gasteiger partial charge >= 0.3 is 11.6 Å². The van der Waals surface area contributed by atoms with E-state index in [0.717, 1.165) is 0 Å². The van der Waals surface area contributed by atoms with E-state index in [1.807, 2.05) is 0 Å². The van der Waals surface area contributed by atoms with Crippen LogP contribution in [-0.2, 0) is 9.53 Å². The van der Waals surface area contributed by atoms with E-state index in [0.29, 0.717) is 22.3 Å². The summed E-state index contributed by atoms with van der Waals surface area (Å²) in [6.07, 6.45) is -0.830. The maximum Gasteiger partial charge on any atom is 0.347 e. The van der Waals surface area contributed by atoms with Gasteiger partial charge in [-0.25, -0.2) is 9.59 Å². The predicted molar refractivity (Wildman–Crippen MR) is 101 cm³/mol. The van der Waals surface area contributed by atoms with Crippen LogP contribution in [0.2, 0.25) is 0 Å². The number of hydrogen-bond donors (Lipinski definition) is 0. The lowest BCUT2D eigenvalue weighted by Gasteiger charge is -2.14. The van der Waals surface area contributed by atoms with Gasteiger partial charge in [0.1, 0.15) is 11.3 Å². The first kappa shape index (κ1) is 19.1. The second-order valence-corrected chi connectivity index (χ2v) is 5.96. The fourth-order valence-electron chi connectivity index (χ4n) is 2.75. The minimum atomic E-state index is -0.830. The van der Waals surface area contributed by atoms with Crippen molar-refractivity contribution < 1.29 is 23.6 Å². The van der Waals surface area contributed by atoms with Gasteiger partial charge in [0.05, 0.1) is 11.5 Å². The van der Waals surface area contributed by atoms with E-state index in [4.69, 9.17) is 13.9 Å². The van der Waals surface area contributed by atoms with Crippen LogP contribution in [-0.4, -0.2) is 23.6 Å². The van der Waals surface area contributed by atoms with Gasteiger partial charge in [0.15, 0.2) is 6.10 Å². The molecule has 0 unspecified atom stereocenters. The minimum Gasteiger partial charge on any atom is -0.479 e. The Labute approximate surface area is 159 Å². The Kier molecular flexibility index (Phi) is 5.39. The van der Waals surface area contributed by atoms with E-state index in [-0.39, 0.29) is 17.9 Å².